The number of rotatable bonds is 6. The van der Waals surface area contributed by atoms with Crippen LogP contribution >= 0.6 is 0 Å². The van der Waals surface area contributed by atoms with E-state index in [9.17, 15) is 18.3 Å². The first-order valence-electron chi connectivity index (χ1n) is 10.4. The number of benzene rings is 1. The Labute approximate surface area is 170 Å². The fraction of sp³-hybridized carbons (Fsp3) is 0.714. The summed E-state index contributed by atoms with van der Waals surface area (Å²) in [6.45, 7) is 6.97. The molecule has 1 aromatic carbocycles. The molecule has 8 heteroatoms. The first-order chi connectivity index (χ1) is 13.7. The summed E-state index contributed by atoms with van der Waals surface area (Å²) < 4.78 is 47.0. The summed E-state index contributed by atoms with van der Waals surface area (Å²) in [4.78, 5) is 2.54. The molecule has 29 heavy (non-hydrogen) atoms. The summed E-state index contributed by atoms with van der Waals surface area (Å²) in [5.41, 5.74) is 0.454. The van der Waals surface area contributed by atoms with E-state index in [0.29, 0.717) is 6.10 Å². The van der Waals surface area contributed by atoms with E-state index in [4.69, 9.17) is 4.74 Å². The number of hydrogen-bond donors (Lipinski definition) is 2. The molecule has 1 saturated heterocycles. The highest BCUT2D eigenvalue weighted by atomic mass is 19.4. The Morgan fingerprint density at radius 2 is 1.83 bits per heavy atom. The maximum Gasteiger partial charge on any atom is 0.573 e. The fourth-order valence-electron chi connectivity index (χ4n) is 4.54. The summed E-state index contributed by atoms with van der Waals surface area (Å²) >= 11 is 0. The maximum atomic E-state index is 12.4. The number of likely N-dealkylation sites (tertiary alicyclic amines) is 1. The van der Waals surface area contributed by atoms with Crippen molar-refractivity contribution >= 4 is 5.69 Å². The zero-order valence-electron chi connectivity index (χ0n) is 17.1. The fourth-order valence-corrected chi connectivity index (χ4v) is 4.54. The molecular weight excluding hydrogens is 385 g/mol. The van der Waals surface area contributed by atoms with Gasteiger partial charge >= 0.3 is 6.36 Å². The predicted molar refractivity (Wildman–Crippen MR) is 105 cm³/mol. The summed E-state index contributed by atoms with van der Waals surface area (Å²) in [6, 6.07) is 3.62. The van der Waals surface area contributed by atoms with Crippen molar-refractivity contribution < 1.29 is 27.8 Å². The second-order valence-corrected chi connectivity index (χ2v) is 8.28. The highest BCUT2D eigenvalue weighted by Crippen LogP contribution is 2.37. The lowest BCUT2D eigenvalue weighted by molar-refractivity contribution is -0.274. The van der Waals surface area contributed by atoms with Crippen LogP contribution in [0.15, 0.2) is 18.2 Å². The van der Waals surface area contributed by atoms with Gasteiger partial charge in [-0.1, -0.05) is 0 Å². The number of phenols is 1. The van der Waals surface area contributed by atoms with Crippen molar-refractivity contribution in [3.05, 3.63) is 18.2 Å². The lowest BCUT2D eigenvalue weighted by atomic mass is 9.79. The van der Waals surface area contributed by atoms with Crippen molar-refractivity contribution in [2.75, 3.05) is 25.0 Å². The molecule has 0 amide bonds. The van der Waals surface area contributed by atoms with E-state index in [2.05, 4.69) is 21.9 Å². The zero-order chi connectivity index (χ0) is 21.1. The van der Waals surface area contributed by atoms with Crippen molar-refractivity contribution in [1.82, 2.24) is 4.90 Å². The van der Waals surface area contributed by atoms with Crippen molar-refractivity contribution in [3.63, 3.8) is 0 Å². The van der Waals surface area contributed by atoms with Gasteiger partial charge in [0.1, 0.15) is 11.5 Å². The molecule has 164 valence electrons. The van der Waals surface area contributed by atoms with Crippen LogP contribution < -0.4 is 10.1 Å². The molecule has 0 radical (unpaired) electrons. The first kappa shape index (κ1) is 22.0. The zero-order valence-corrected chi connectivity index (χ0v) is 17.1. The number of nitrogens with zero attached hydrogens (tertiary/aromatic N) is 1. The molecule has 3 rings (SSSR count). The number of hydrogen-bond acceptors (Lipinski definition) is 5. The molecule has 2 N–H and O–H groups in total. The van der Waals surface area contributed by atoms with E-state index in [-0.39, 0.29) is 28.8 Å². The van der Waals surface area contributed by atoms with Gasteiger partial charge in [-0.2, -0.15) is 0 Å². The highest BCUT2D eigenvalue weighted by Gasteiger charge is 2.38. The van der Waals surface area contributed by atoms with Gasteiger partial charge in [0.25, 0.3) is 0 Å². The van der Waals surface area contributed by atoms with Gasteiger partial charge in [0.15, 0.2) is 0 Å². The van der Waals surface area contributed by atoms with Crippen LogP contribution in [0.3, 0.4) is 0 Å². The highest BCUT2D eigenvalue weighted by molar-refractivity contribution is 5.59. The lowest BCUT2D eigenvalue weighted by Gasteiger charge is -2.48. The molecule has 0 atom stereocenters. The SMILES string of the molecule is CCOC1CCC(C)(N2CCC(Nc3cc(OC(F)(F)F)ccc3O)CC2)CC1. The topological polar surface area (TPSA) is 54.0 Å². The van der Waals surface area contributed by atoms with E-state index in [0.717, 1.165) is 64.3 Å². The number of phenolic OH excluding ortho intramolecular Hbond substituents is 1. The van der Waals surface area contributed by atoms with Crippen LogP contribution in [0.1, 0.15) is 52.4 Å². The van der Waals surface area contributed by atoms with Gasteiger partial charge < -0.3 is 19.9 Å². The van der Waals surface area contributed by atoms with Crippen LogP contribution in [-0.4, -0.2) is 53.7 Å². The first-order valence-corrected chi connectivity index (χ1v) is 10.4. The van der Waals surface area contributed by atoms with Gasteiger partial charge in [-0.15, -0.1) is 13.2 Å². The van der Waals surface area contributed by atoms with E-state index in [1.807, 2.05) is 6.92 Å². The number of ether oxygens (including phenoxy) is 2. The minimum atomic E-state index is -4.75. The van der Waals surface area contributed by atoms with E-state index in [1.165, 1.54) is 12.1 Å². The minimum absolute atomic E-state index is 0.0804. The Morgan fingerprint density at radius 3 is 2.41 bits per heavy atom. The van der Waals surface area contributed by atoms with Gasteiger partial charge in [0, 0.05) is 37.3 Å². The summed E-state index contributed by atoms with van der Waals surface area (Å²) in [6.07, 6.45) is 1.77. The molecule has 0 unspecified atom stereocenters. The molecular formula is C21H31F3N2O3. The average Bonchev–Trinajstić information content (AvgIpc) is 2.66. The molecule has 1 saturated carbocycles. The maximum absolute atomic E-state index is 12.4. The molecule has 0 spiro atoms. The number of aromatic hydroxyl groups is 1. The van der Waals surface area contributed by atoms with Gasteiger partial charge in [0.05, 0.1) is 11.8 Å². The second-order valence-electron chi connectivity index (χ2n) is 8.28. The number of halogens is 3. The Morgan fingerprint density at radius 1 is 1.17 bits per heavy atom. The largest absolute Gasteiger partial charge is 0.573 e. The third kappa shape index (κ3) is 5.92. The van der Waals surface area contributed by atoms with Crippen LogP contribution in [0.4, 0.5) is 18.9 Å². The number of alkyl halides is 3. The Balaban J connectivity index is 1.53. The Bertz CT molecular complexity index is 668. The van der Waals surface area contributed by atoms with Crippen molar-refractivity contribution in [2.24, 2.45) is 0 Å². The molecule has 1 aliphatic carbocycles. The molecule has 1 aromatic rings. The average molecular weight is 416 g/mol. The van der Waals surface area contributed by atoms with E-state index < -0.39 is 6.36 Å². The molecule has 1 heterocycles. The molecule has 2 aliphatic rings. The van der Waals surface area contributed by atoms with Crippen LogP contribution in [0, 0.1) is 0 Å². The normalized spacial score (nSPS) is 27.0. The van der Waals surface area contributed by atoms with Gasteiger partial charge in [-0.25, -0.2) is 0 Å². The molecule has 2 fully saturated rings. The number of anilines is 1. The minimum Gasteiger partial charge on any atom is -0.506 e. The lowest BCUT2D eigenvalue weighted by Crippen LogP contribution is -2.53. The van der Waals surface area contributed by atoms with Crippen molar-refractivity contribution in [3.8, 4) is 11.5 Å². The van der Waals surface area contributed by atoms with Gasteiger partial charge in [-0.05, 0) is 64.5 Å². The van der Waals surface area contributed by atoms with Crippen LogP contribution in [-0.2, 0) is 4.74 Å². The monoisotopic (exact) mass is 416 g/mol. The third-order valence-electron chi connectivity index (χ3n) is 6.23. The summed E-state index contributed by atoms with van der Waals surface area (Å²) in [5, 5.41) is 13.2. The van der Waals surface area contributed by atoms with Crippen LogP contribution in [0.25, 0.3) is 0 Å². The summed E-state index contributed by atoms with van der Waals surface area (Å²) in [5.74, 6) is -0.419. The molecule has 5 nitrogen and oxygen atoms in total. The second kappa shape index (κ2) is 9.00. The van der Waals surface area contributed by atoms with Gasteiger partial charge in [0.2, 0.25) is 0 Å². The number of nitrogens with one attached hydrogen (secondary N) is 1. The third-order valence-corrected chi connectivity index (χ3v) is 6.23. The van der Waals surface area contributed by atoms with Crippen molar-refractivity contribution in [2.45, 2.75) is 76.4 Å². The van der Waals surface area contributed by atoms with Gasteiger partial charge in [-0.3, -0.25) is 4.90 Å². The predicted octanol–water partition coefficient (Wildman–Crippen LogP) is 4.90. The van der Waals surface area contributed by atoms with Crippen LogP contribution in [0.2, 0.25) is 0 Å². The summed E-state index contributed by atoms with van der Waals surface area (Å²) in [7, 11) is 0. The Hall–Kier alpha value is -1.67. The van der Waals surface area contributed by atoms with E-state index >= 15 is 0 Å². The number of piperidine rings is 1. The van der Waals surface area contributed by atoms with Crippen LogP contribution in [0.5, 0.6) is 11.5 Å². The smallest absolute Gasteiger partial charge is 0.506 e. The van der Waals surface area contributed by atoms with E-state index in [1.54, 1.807) is 0 Å². The Kier molecular flexibility index (Phi) is 6.83. The molecule has 1 aliphatic heterocycles. The standard InChI is InChI=1S/C21H31F3N2O3/c1-3-28-16-6-10-20(2,11-7-16)26-12-8-15(9-13-26)25-18-14-17(4-5-19(18)27)29-21(22,23)24/h4-5,14-16,25,27H,3,6-13H2,1-2H3. The quantitative estimate of drug-likeness (QED) is 0.646. The molecule has 0 aromatic heterocycles. The molecule has 0 bridgehead atoms. The van der Waals surface area contributed by atoms with Crippen molar-refractivity contribution in [1.29, 1.82) is 0 Å².